The molecule has 1 aromatic heterocycles. The van der Waals surface area contributed by atoms with Crippen LogP contribution in [0, 0.1) is 6.92 Å². The van der Waals surface area contributed by atoms with Crippen LogP contribution in [0.4, 0.5) is 4.79 Å². The summed E-state index contributed by atoms with van der Waals surface area (Å²) in [5, 5.41) is 4.47. The molecular weight excluding hydrogens is 418 g/mol. The molecule has 1 heterocycles. The zero-order chi connectivity index (χ0) is 24.0. The van der Waals surface area contributed by atoms with Gasteiger partial charge in [0.1, 0.15) is 5.60 Å². The molecule has 0 aliphatic heterocycles. The topological polar surface area (TPSA) is 73.7 Å². The molecule has 7 nitrogen and oxygen atoms in total. The Balaban J connectivity index is 1.90. The molecule has 3 rings (SSSR count). The molecule has 0 spiro atoms. The van der Waals surface area contributed by atoms with Gasteiger partial charge in [-0.05, 0) is 63.9 Å². The number of rotatable bonds is 7. The number of amides is 1. The van der Waals surface area contributed by atoms with E-state index in [2.05, 4.69) is 5.10 Å². The van der Waals surface area contributed by atoms with E-state index in [1.807, 2.05) is 82.3 Å². The Labute approximate surface area is 194 Å². The van der Waals surface area contributed by atoms with Crippen LogP contribution >= 0.6 is 0 Å². The number of carbonyl (C=O) groups excluding carboxylic acids is 2. The number of aryl methyl sites for hydroxylation is 1. The molecule has 0 fully saturated rings. The lowest BCUT2D eigenvalue weighted by molar-refractivity contribution is 0.0216. The maximum absolute atomic E-state index is 13.0. The minimum absolute atomic E-state index is 0.285. The third-order valence-electron chi connectivity index (χ3n) is 4.71. The first-order valence-corrected chi connectivity index (χ1v) is 11.0. The molecule has 0 bridgehead atoms. The number of nitrogens with zero attached hydrogens (tertiary/aromatic N) is 3. The average Bonchev–Trinajstić information content (AvgIpc) is 3.15. The Morgan fingerprint density at radius 3 is 2.30 bits per heavy atom. The Morgan fingerprint density at radius 2 is 1.64 bits per heavy atom. The lowest BCUT2D eigenvalue weighted by Crippen LogP contribution is -2.36. The van der Waals surface area contributed by atoms with E-state index in [9.17, 15) is 9.59 Å². The lowest BCUT2D eigenvalue weighted by Gasteiger charge is -2.27. The molecule has 3 aromatic rings. The number of ether oxygens (including phenoxy) is 2. The van der Waals surface area contributed by atoms with Crippen molar-refractivity contribution in [3.05, 3.63) is 83.2 Å². The highest BCUT2D eigenvalue weighted by Gasteiger charge is 2.23. The molecule has 0 saturated heterocycles. The van der Waals surface area contributed by atoms with Crippen molar-refractivity contribution in [3.8, 4) is 5.69 Å². The van der Waals surface area contributed by atoms with Crippen LogP contribution in [0.1, 0.15) is 55.0 Å². The van der Waals surface area contributed by atoms with Crippen molar-refractivity contribution in [1.82, 2.24) is 14.7 Å². The Morgan fingerprint density at radius 1 is 0.970 bits per heavy atom. The van der Waals surface area contributed by atoms with Gasteiger partial charge in [-0.2, -0.15) is 5.10 Å². The molecule has 0 saturated carbocycles. The van der Waals surface area contributed by atoms with E-state index >= 15 is 0 Å². The molecule has 0 atom stereocenters. The molecule has 1 amide bonds. The number of carbonyl (C=O) groups is 2. The van der Waals surface area contributed by atoms with Crippen molar-refractivity contribution in [2.75, 3.05) is 6.61 Å². The number of benzene rings is 2. The summed E-state index contributed by atoms with van der Waals surface area (Å²) in [4.78, 5) is 27.0. The van der Waals surface area contributed by atoms with E-state index in [0.717, 1.165) is 11.1 Å². The number of hydrogen-bond acceptors (Lipinski definition) is 5. The predicted molar refractivity (Wildman–Crippen MR) is 126 cm³/mol. The summed E-state index contributed by atoms with van der Waals surface area (Å²) in [5.74, 6) is -0.428. The van der Waals surface area contributed by atoms with E-state index in [1.54, 1.807) is 22.6 Å². The van der Waals surface area contributed by atoms with Crippen molar-refractivity contribution >= 4 is 12.1 Å². The van der Waals surface area contributed by atoms with Gasteiger partial charge in [0, 0.05) is 13.1 Å². The van der Waals surface area contributed by atoms with Crippen LogP contribution in [0.3, 0.4) is 0 Å². The van der Waals surface area contributed by atoms with Gasteiger partial charge in [0.15, 0.2) is 5.69 Å². The largest absolute Gasteiger partial charge is 0.461 e. The average molecular weight is 450 g/mol. The van der Waals surface area contributed by atoms with Crippen LogP contribution in [-0.4, -0.2) is 39.0 Å². The van der Waals surface area contributed by atoms with E-state index in [-0.39, 0.29) is 12.7 Å². The quantitative estimate of drug-likeness (QED) is 0.458. The van der Waals surface area contributed by atoms with Gasteiger partial charge in [-0.3, -0.25) is 4.90 Å². The van der Waals surface area contributed by atoms with Crippen molar-refractivity contribution in [3.63, 3.8) is 0 Å². The van der Waals surface area contributed by atoms with Crippen LogP contribution in [0.15, 0.2) is 60.7 Å². The summed E-state index contributed by atoms with van der Waals surface area (Å²) in [7, 11) is 0. The lowest BCUT2D eigenvalue weighted by atomic mass is 10.1. The van der Waals surface area contributed by atoms with Crippen molar-refractivity contribution in [2.45, 2.75) is 53.3 Å². The Hall–Kier alpha value is -3.61. The molecule has 0 N–H and O–H groups in total. The minimum atomic E-state index is -0.602. The fourth-order valence-electron chi connectivity index (χ4n) is 3.37. The highest BCUT2D eigenvalue weighted by Crippen LogP contribution is 2.19. The first-order chi connectivity index (χ1) is 15.7. The Bertz CT molecular complexity index is 1100. The standard InChI is InChI=1S/C26H31N3O4/c1-6-32-24(30)23-15-19(2)27-29(23)22-14-10-13-21(16-22)18-28(25(31)33-26(3,4)5)17-20-11-8-7-9-12-20/h7-16H,6,17-18H2,1-5H3. The summed E-state index contributed by atoms with van der Waals surface area (Å²) in [6.45, 7) is 10.2. The van der Waals surface area contributed by atoms with Crippen molar-refractivity contribution < 1.29 is 19.1 Å². The maximum Gasteiger partial charge on any atom is 0.410 e. The molecule has 33 heavy (non-hydrogen) atoms. The normalized spacial score (nSPS) is 11.2. The van der Waals surface area contributed by atoms with E-state index in [4.69, 9.17) is 9.47 Å². The third kappa shape index (κ3) is 6.68. The number of esters is 1. The molecule has 2 aromatic carbocycles. The molecular formula is C26H31N3O4. The smallest absolute Gasteiger partial charge is 0.410 e. The zero-order valence-corrected chi connectivity index (χ0v) is 19.9. The Kier molecular flexibility index (Phi) is 7.53. The SMILES string of the molecule is CCOC(=O)c1cc(C)nn1-c1cccc(CN(Cc2ccccc2)C(=O)OC(C)(C)C)c1. The van der Waals surface area contributed by atoms with Crippen LogP contribution in [0.25, 0.3) is 5.69 Å². The van der Waals surface area contributed by atoms with Gasteiger partial charge in [-0.25, -0.2) is 14.3 Å². The van der Waals surface area contributed by atoms with Gasteiger partial charge in [-0.15, -0.1) is 0 Å². The molecule has 0 unspecified atom stereocenters. The fourth-order valence-corrected chi connectivity index (χ4v) is 3.37. The van der Waals surface area contributed by atoms with E-state index < -0.39 is 11.6 Å². The molecule has 0 aliphatic rings. The van der Waals surface area contributed by atoms with Crippen LogP contribution < -0.4 is 0 Å². The van der Waals surface area contributed by atoms with E-state index in [1.165, 1.54) is 0 Å². The third-order valence-corrected chi connectivity index (χ3v) is 4.71. The number of aromatic nitrogens is 2. The maximum atomic E-state index is 13.0. The molecule has 174 valence electrons. The van der Waals surface area contributed by atoms with Gasteiger partial charge >= 0.3 is 12.1 Å². The monoisotopic (exact) mass is 449 g/mol. The van der Waals surface area contributed by atoms with Crippen molar-refractivity contribution in [2.24, 2.45) is 0 Å². The first-order valence-electron chi connectivity index (χ1n) is 11.0. The second-order valence-corrected chi connectivity index (χ2v) is 8.80. The van der Waals surface area contributed by atoms with Crippen LogP contribution in [-0.2, 0) is 22.6 Å². The molecule has 0 radical (unpaired) electrons. The second kappa shape index (κ2) is 10.3. The van der Waals surface area contributed by atoms with Crippen LogP contribution in [0.2, 0.25) is 0 Å². The van der Waals surface area contributed by atoms with Gasteiger partial charge in [0.25, 0.3) is 0 Å². The predicted octanol–water partition coefficient (Wildman–Crippen LogP) is 5.29. The summed E-state index contributed by atoms with van der Waals surface area (Å²) >= 11 is 0. The van der Waals surface area contributed by atoms with Crippen LogP contribution in [0.5, 0.6) is 0 Å². The van der Waals surface area contributed by atoms with E-state index in [0.29, 0.717) is 30.2 Å². The minimum Gasteiger partial charge on any atom is -0.461 e. The highest BCUT2D eigenvalue weighted by atomic mass is 16.6. The summed E-state index contributed by atoms with van der Waals surface area (Å²) < 4.78 is 12.4. The highest BCUT2D eigenvalue weighted by molar-refractivity contribution is 5.88. The fraction of sp³-hybridized carbons (Fsp3) is 0.346. The zero-order valence-electron chi connectivity index (χ0n) is 19.9. The van der Waals surface area contributed by atoms with Gasteiger partial charge < -0.3 is 9.47 Å². The first kappa shape index (κ1) is 24.0. The van der Waals surface area contributed by atoms with Gasteiger partial charge in [-0.1, -0.05) is 42.5 Å². The molecule has 7 heteroatoms. The van der Waals surface area contributed by atoms with Gasteiger partial charge in [0.05, 0.1) is 18.0 Å². The van der Waals surface area contributed by atoms with Gasteiger partial charge in [0.2, 0.25) is 0 Å². The second-order valence-electron chi connectivity index (χ2n) is 8.80. The summed E-state index contributed by atoms with van der Waals surface area (Å²) in [6.07, 6.45) is -0.390. The van der Waals surface area contributed by atoms with Crippen molar-refractivity contribution in [1.29, 1.82) is 0 Å². The summed E-state index contributed by atoms with van der Waals surface area (Å²) in [5.41, 5.74) is 3.08. The summed E-state index contributed by atoms with van der Waals surface area (Å²) in [6, 6.07) is 19.1. The molecule has 0 aliphatic carbocycles. The number of hydrogen-bond donors (Lipinski definition) is 0.